The van der Waals surface area contributed by atoms with E-state index in [1.807, 2.05) is 20.8 Å². The summed E-state index contributed by atoms with van der Waals surface area (Å²) in [6, 6.07) is 0. The molecule has 1 saturated heterocycles. The van der Waals surface area contributed by atoms with Gasteiger partial charge in [0.15, 0.2) is 0 Å². The lowest BCUT2D eigenvalue weighted by atomic mass is 9.73. The van der Waals surface area contributed by atoms with Gasteiger partial charge in [0.2, 0.25) is 0 Å². The van der Waals surface area contributed by atoms with Crippen LogP contribution in [0.4, 0.5) is 0 Å². The minimum Gasteiger partial charge on any atom is -0.462 e. The lowest BCUT2D eigenvalue weighted by molar-refractivity contribution is -0.191. The molecule has 0 radical (unpaired) electrons. The number of rotatable bonds is 3. The highest BCUT2D eigenvalue weighted by Gasteiger charge is 2.61. The van der Waals surface area contributed by atoms with Gasteiger partial charge < -0.3 is 9.47 Å². The third-order valence-corrected chi connectivity index (χ3v) is 8.35. The lowest BCUT2D eigenvalue weighted by Crippen LogP contribution is -2.51. The number of esters is 2. The predicted octanol–water partition coefficient (Wildman–Crippen LogP) is 3.89. The second kappa shape index (κ2) is 5.36. The van der Waals surface area contributed by atoms with Crippen LogP contribution >= 0.6 is 0 Å². The zero-order valence-electron chi connectivity index (χ0n) is 16.1. The molecule has 1 heterocycles. The SMILES string of the molecule is CC(C)(OC(=O)C1(C)CC2C=CC1C2)C1C(=O)OC2CC1C1CCCC21. The highest BCUT2D eigenvalue weighted by molar-refractivity contribution is 5.80. The van der Waals surface area contributed by atoms with Crippen LogP contribution < -0.4 is 0 Å². The van der Waals surface area contributed by atoms with Gasteiger partial charge >= 0.3 is 11.9 Å². The molecule has 5 aliphatic rings. The minimum absolute atomic E-state index is 0.107. The van der Waals surface area contributed by atoms with Crippen molar-refractivity contribution in [3.8, 4) is 0 Å². The summed E-state index contributed by atoms with van der Waals surface area (Å²) in [5, 5.41) is 0. The Balaban J connectivity index is 1.37. The first-order valence-electron chi connectivity index (χ1n) is 10.4. The lowest BCUT2D eigenvalue weighted by Gasteiger charge is -2.42. The number of fused-ring (bicyclic) bond motifs is 7. The van der Waals surface area contributed by atoms with Crippen LogP contribution in [0, 0.1) is 40.9 Å². The van der Waals surface area contributed by atoms with Crippen molar-refractivity contribution in [3.05, 3.63) is 12.2 Å². The van der Waals surface area contributed by atoms with Crippen molar-refractivity contribution in [2.75, 3.05) is 0 Å². The molecule has 0 aromatic rings. The third-order valence-electron chi connectivity index (χ3n) is 8.35. The van der Waals surface area contributed by atoms with Crippen molar-refractivity contribution in [3.63, 3.8) is 0 Å². The van der Waals surface area contributed by atoms with Crippen molar-refractivity contribution in [2.45, 2.75) is 71.0 Å². The third kappa shape index (κ3) is 2.20. The molecule has 8 unspecified atom stereocenters. The van der Waals surface area contributed by atoms with Gasteiger partial charge in [0.1, 0.15) is 11.7 Å². The average molecular weight is 358 g/mol. The fourth-order valence-electron chi connectivity index (χ4n) is 7.09. The maximum atomic E-state index is 13.1. The van der Waals surface area contributed by atoms with E-state index in [1.165, 1.54) is 19.3 Å². The highest BCUT2D eigenvalue weighted by atomic mass is 16.6. The molecule has 5 rings (SSSR count). The number of allylic oxidation sites excluding steroid dienone is 2. The first kappa shape index (κ1) is 16.8. The fourth-order valence-corrected chi connectivity index (χ4v) is 7.09. The molecule has 4 aliphatic carbocycles. The first-order chi connectivity index (χ1) is 12.3. The van der Waals surface area contributed by atoms with E-state index in [4.69, 9.17) is 9.47 Å². The Hall–Kier alpha value is -1.32. The van der Waals surface area contributed by atoms with Crippen LogP contribution in [0.3, 0.4) is 0 Å². The minimum atomic E-state index is -0.810. The van der Waals surface area contributed by atoms with Gasteiger partial charge in [-0.1, -0.05) is 18.6 Å². The summed E-state index contributed by atoms with van der Waals surface area (Å²) >= 11 is 0. The summed E-state index contributed by atoms with van der Waals surface area (Å²) in [6.07, 6.45) is 11.0. The van der Waals surface area contributed by atoms with E-state index in [0.717, 1.165) is 19.3 Å². The summed E-state index contributed by atoms with van der Waals surface area (Å²) in [6.45, 7) is 5.88. The molecule has 0 N–H and O–H groups in total. The standard InChI is InChI=1S/C22H30O4/c1-21(2,26-20(24)22(3)11-12-7-8-13(22)9-12)18-16-10-17(25-19(18)23)15-6-4-5-14(15)16/h7-8,12-18H,4-6,9-11H2,1-3H3. The van der Waals surface area contributed by atoms with Crippen molar-refractivity contribution in [1.82, 2.24) is 0 Å². The van der Waals surface area contributed by atoms with E-state index in [0.29, 0.717) is 23.7 Å². The van der Waals surface area contributed by atoms with Crippen molar-refractivity contribution in [2.24, 2.45) is 40.9 Å². The van der Waals surface area contributed by atoms with E-state index in [1.54, 1.807) is 0 Å². The van der Waals surface area contributed by atoms with Crippen LogP contribution in [0.5, 0.6) is 0 Å². The summed E-state index contributed by atoms with van der Waals surface area (Å²) in [5.41, 5.74) is -1.25. The molecule has 4 fully saturated rings. The highest BCUT2D eigenvalue weighted by Crippen LogP contribution is 2.57. The Kier molecular flexibility index (Phi) is 3.47. The predicted molar refractivity (Wildman–Crippen MR) is 95.9 cm³/mol. The van der Waals surface area contributed by atoms with Gasteiger partial charge in [0.25, 0.3) is 0 Å². The molecular weight excluding hydrogens is 328 g/mol. The Labute approximate surface area is 155 Å². The van der Waals surface area contributed by atoms with Gasteiger partial charge in [-0.25, -0.2) is 0 Å². The summed E-state index contributed by atoms with van der Waals surface area (Å²) in [4.78, 5) is 26.0. The second-order valence-corrected chi connectivity index (χ2v) is 10.2. The number of ether oxygens (including phenoxy) is 2. The Morgan fingerprint density at radius 2 is 1.96 bits per heavy atom. The molecule has 8 atom stereocenters. The van der Waals surface area contributed by atoms with E-state index in [2.05, 4.69) is 12.2 Å². The molecule has 0 aromatic carbocycles. The number of carbonyl (C=O) groups excluding carboxylic acids is 2. The molecule has 4 heteroatoms. The van der Waals surface area contributed by atoms with Crippen LogP contribution in [0.15, 0.2) is 12.2 Å². The summed E-state index contributed by atoms with van der Waals surface area (Å²) in [5.74, 6) is 1.60. The van der Waals surface area contributed by atoms with Crippen molar-refractivity contribution in [1.29, 1.82) is 0 Å². The van der Waals surface area contributed by atoms with E-state index in [9.17, 15) is 9.59 Å². The maximum absolute atomic E-state index is 13.1. The fraction of sp³-hybridized carbons (Fsp3) is 0.818. The molecule has 4 bridgehead atoms. The molecule has 0 spiro atoms. The summed E-state index contributed by atoms with van der Waals surface area (Å²) in [7, 11) is 0. The van der Waals surface area contributed by atoms with Crippen LogP contribution in [-0.2, 0) is 19.1 Å². The normalized spacial score (nSPS) is 48.6. The zero-order chi connectivity index (χ0) is 18.3. The molecule has 0 aromatic heterocycles. The van der Waals surface area contributed by atoms with Gasteiger partial charge in [0.05, 0.1) is 11.3 Å². The molecule has 26 heavy (non-hydrogen) atoms. The summed E-state index contributed by atoms with van der Waals surface area (Å²) < 4.78 is 11.9. The largest absolute Gasteiger partial charge is 0.462 e. The van der Waals surface area contributed by atoms with Gasteiger partial charge in [-0.15, -0.1) is 0 Å². The molecule has 0 amide bonds. The van der Waals surface area contributed by atoms with Crippen molar-refractivity contribution < 1.29 is 19.1 Å². The van der Waals surface area contributed by atoms with Crippen LogP contribution in [-0.4, -0.2) is 23.6 Å². The Bertz CT molecular complexity index is 680. The number of hydrogen-bond acceptors (Lipinski definition) is 4. The Morgan fingerprint density at radius 1 is 1.19 bits per heavy atom. The van der Waals surface area contributed by atoms with Gasteiger partial charge in [-0.2, -0.15) is 0 Å². The molecular formula is C22H30O4. The van der Waals surface area contributed by atoms with Crippen LogP contribution in [0.25, 0.3) is 0 Å². The van der Waals surface area contributed by atoms with Gasteiger partial charge in [-0.3, -0.25) is 9.59 Å². The number of hydrogen-bond donors (Lipinski definition) is 0. The quantitative estimate of drug-likeness (QED) is 0.567. The molecule has 142 valence electrons. The van der Waals surface area contributed by atoms with E-state index >= 15 is 0 Å². The Morgan fingerprint density at radius 3 is 2.65 bits per heavy atom. The molecule has 1 aliphatic heterocycles. The monoisotopic (exact) mass is 358 g/mol. The smallest absolute Gasteiger partial charge is 0.313 e. The first-order valence-corrected chi connectivity index (χ1v) is 10.4. The zero-order valence-corrected chi connectivity index (χ0v) is 16.1. The van der Waals surface area contributed by atoms with Crippen LogP contribution in [0.2, 0.25) is 0 Å². The average Bonchev–Trinajstić information content (AvgIpc) is 3.31. The molecule has 4 nitrogen and oxygen atoms in total. The van der Waals surface area contributed by atoms with E-state index < -0.39 is 11.0 Å². The maximum Gasteiger partial charge on any atom is 0.313 e. The van der Waals surface area contributed by atoms with Crippen LogP contribution in [0.1, 0.15) is 59.3 Å². The van der Waals surface area contributed by atoms with Crippen molar-refractivity contribution >= 4 is 11.9 Å². The number of carbonyl (C=O) groups is 2. The van der Waals surface area contributed by atoms with Gasteiger partial charge in [0, 0.05) is 0 Å². The second-order valence-electron chi connectivity index (χ2n) is 10.2. The molecule has 3 saturated carbocycles. The van der Waals surface area contributed by atoms with Gasteiger partial charge in [-0.05, 0) is 82.5 Å². The van der Waals surface area contributed by atoms with E-state index in [-0.39, 0.29) is 29.9 Å². The topological polar surface area (TPSA) is 52.6 Å².